The Balaban J connectivity index is 2.40. The van der Waals surface area contributed by atoms with Crippen molar-refractivity contribution in [1.82, 2.24) is 0 Å². The van der Waals surface area contributed by atoms with Gasteiger partial charge in [-0.2, -0.15) is 0 Å². The first kappa shape index (κ1) is 24.9. The van der Waals surface area contributed by atoms with Crippen LogP contribution in [0.25, 0.3) is 22.3 Å². The molecule has 2 N–H and O–H groups in total. The maximum atomic E-state index is 13.5. The lowest BCUT2D eigenvalue weighted by Crippen LogP contribution is -2.19. The minimum Gasteiger partial charge on any atom is -0.507 e. The van der Waals surface area contributed by atoms with Gasteiger partial charge in [-0.05, 0) is 44.0 Å². The quantitative estimate of drug-likeness (QED) is 0.399. The summed E-state index contributed by atoms with van der Waals surface area (Å²) >= 11 is 0. The SMILES string of the molecule is CC=COc1cc(O)c2c(=O)c(OC=CC)c(-c3ccc(OC)cc3)oc2c1CC(O)C(C)C. The molecule has 34 heavy (non-hydrogen) atoms. The standard InChI is InChI=1S/C27H30O7/c1-6-12-32-22-15-21(29)23-24(30)27(33-13-7-2)25(17-8-10-18(31-5)11-9-17)34-26(23)19(22)14-20(28)16(3)4/h6-13,15-16,20,28-29H,14H2,1-5H3. The zero-order valence-corrected chi connectivity index (χ0v) is 20.0. The molecule has 0 bridgehead atoms. The van der Waals surface area contributed by atoms with Crippen LogP contribution in [-0.4, -0.2) is 23.4 Å². The summed E-state index contributed by atoms with van der Waals surface area (Å²) in [7, 11) is 1.56. The molecule has 3 aromatic rings. The fourth-order valence-corrected chi connectivity index (χ4v) is 3.42. The summed E-state index contributed by atoms with van der Waals surface area (Å²) in [5.41, 5.74) is 0.633. The molecule has 0 fully saturated rings. The first-order chi connectivity index (χ1) is 16.3. The van der Waals surface area contributed by atoms with Crippen LogP contribution in [0, 0.1) is 5.92 Å². The predicted octanol–water partition coefficient (Wildman–Crippen LogP) is 5.56. The second-order valence-corrected chi connectivity index (χ2v) is 8.08. The minimum atomic E-state index is -0.727. The second kappa shape index (κ2) is 10.9. The van der Waals surface area contributed by atoms with Crippen molar-refractivity contribution in [3.8, 4) is 34.3 Å². The van der Waals surface area contributed by atoms with Crippen LogP contribution >= 0.6 is 0 Å². The Morgan fingerprint density at radius 1 is 1.06 bits per heavy atom. The van der Waals surface area contributed by atoms with Crippen LogP contribution in [0.15, 0.2) is 64.2 Å². The number of phenolic OH excluding ortho intramolecular Hbond substituents is 1. The number of benzene rings is 2. The van der Waals surface area contributed by atoms with E-state index >= 15 is 0 Å². The van der Waals surface area contributed by atoms with Crippen molar-refractivity contribution in [1.29, 1.82) is 0 Å². The minimum absolute atomic E-state index is 0.0458. The largest absolute Gasteiger partial charge is 0.507 e. The van der Waals surface area contributed by atoms with Crippen LogP contribution in [0.2, 0.25) is 0 Å². The van der Waals surface area contributed by atoms with Gasteiger partial charge in [0.2, 0.25) is 11.2 Å². The number of allylic oxidation sites excluding steroid dienone is 2. The lowest BCUT2D eigenvalue weighted by molar-refractivity contribution is 0.125. The lowest BCUT2D eigenvalue weighted by Gasteiger charge is -2.19. The number of hydrogen-bond donors (Lipinski definition) is 2. The third-order valence-electron chi connectivity index (χ3n) is 5.35. The first-order valence-electron chi connectivity index (χ1n) is 11.1. The summed E-state index contributed by atoms with van der Waals surface area (Å²) in [6.07, 6.45) is 5.58. The number of aromatic hydroxyl groups is 1. The molecule has 1 aromatic heterocycles. The van der Waals surface area contributed by atoms with E-state index in [4.69, 9.17) is 18.6 Å². The number of phenols is 1. The van der Waals surface area contributed by atoms with Crippen molar-refractivity contribution in [2.45, 2.75) is 40.2 Å². The van der Waals surface area contributed by atoms with E-state index < -0.39 is 11.5 Å². The normalized spacial score (nSPS) is 12.7. The molecule has 0 aliphatic carbocycles. The van der Waals surface area contributed by atoms with E-state index in [1.807, 2.05) is 13.8 Å². The fraction of sp³-hybridized carbons (Fsp3) is 0.296. The van der Waals surface area contributed by atoms with Crippen LogP contribution in [0.5, 0.6) is 23.0 Å². The van der Waals surface area contributed by atoms with Gasteiger partial charge in [0.25, 0.3) is 0 Å². The molecule has 1 atom stereocenters. The highest BCUT2D eigenvalue weighted by Crippen LogP contribution is 2.40. The van der Waals surface area contributed by atoms with E-state index in [2.05, 4.69) is 0 Å². The summed E-state index contributed by atoms with van der Waals surface area (Å²) < 4.78 is 22.8. The summed E-state index contributed by atoms with van der Waals surface area (Å²) in [6, 6.07) is 8.33. The monoisotopic (exact) mass is 466 g/mol. The summed E-state index contributed by atoms with van der Waals surface area (Å²) in [6.45, 7) is 7.32. The Bertz CT molecular complexity index is 1250. The van der Waals surface area contributed by atoms with Crippen LogP contribution < -0.4 is 19.6 Å². The highest BCUT2D eigenvalue weighted by molar-refractivity contribution is 5.91. The molecular formula is C27H30O7. The molecule has 2 aromatic carbocycles. The Labute approximate surface area is 198 Å². The molecule has 0 aliphatic heterocycles. The van der Waals surface area contributed by atoms with Gasteiger partial charge >= 0.3 is 0 Å². The van der Waals surface area contributed by atoms with Crippen molar-refractivity contribution >= 4 is 11.0 Å². The fourth-order valence-electron chi connectivity index (χ4n) is 3.42. The molecule has 0 spiro atoms. The molecule has 1 heterocycles. The van der Waals surface area contributed by atoms with Crippen molar-refractivity contribution in [3.63, 3.8) is 0 Å². The molecule has 3 rings (SSSR count). The van der Waals surface area contributed by atoms with Crippen LogP contribution in [0.1, 0.15) is 33.3 Å². The molecule has 7 nitrogen and oxygen atoms in total. The van der Waals surface area contributed by atoms with Gasteiger partial charge in [-0.25, -0.2) is 0 Å². The summed E-state index contributed by atoms with van der Waals surface area (Å²) in [4.78, 5) is 13.5. The molecule has 0 saturated carbocycles. The summed E-state index contributed by atoms with van der Waals surface area (Å²) in [5.74, 6) is 0.683. The maximum Gasteiger partial charge on any atom is 0.239 e. The number of hydrogen-bond acceptors (Lipinski definition) is 7. The van der Waals surface area contributed by atoms with Crippen LogP contribution in [0.3, 0.4) is 0 Å². The third-order valence-corrected chi connectivity index (χ3v) is 5.35. The molecule has 180 valence electrons. The highest BCUT2D eigenvalue weighted by atomic mass is 16.5. The number of aliphatic hydroxyl groups is 1. The number of rotatable bonds is 9. The summed E-state index contributed by atoms with van der Waals surface area (Å²) in [5, 5.41) is 21.4. The molecule has 0 aliphatic rings. The topological polar surface area (TPSA) is 98.4 Å². The Morgan fingerprint density at radius 3 is 2.29 bits per heavy atom. The van der Waals surface area contributed by atoms with Crippen molar-refractivity contribution in [2.24, 2.45) is 5.92 Å². The number of methoxy groups -OCH3 is 1. The average Bonchev–Trinajstić information content (AvgIpc) is 2.83. The third kappa shape index (κ3) is 5.10. The number of aliphatic hydroxyl groups excluding tert-OH is 1. The van der Waals surface area contributed by atoms with Gasteiger partial charge in [0.1, 0.15) is 28.2 Å². The predicted molar refractivity (Wildman–Crippen MR) is 132 cm³/mol. The van der Waals surface area contributed by atoms with Crippen LogP contribution in [0.4, 0.5) is 0 Å². The van der Waals surface area contributed by atoms with E-state index in [9.17, 15) is 15.0 Å². The van der Waals surface area contributed by atoms with E-state index in [1.54, 1.807) is 57.4 Å². The zero-order valence-electron chi connectivity index (χ0n) is 20.0. The van der Waals surface area contributed by atoms with E-state index in [0.717, 1.165) is 0 Å². The first-order valence-corrected chi connectivity index (χ1v) is 11.1. The highest BCUT2D eigenvalue weighted by Gasteiger charge is 2.26. The molecular weight excluding hydrogens is 436 g/mol. The average molecular weight is 467 g/mol. The Hall–Kier alpha value is -3.71. The lowest BCUT2D eigenvalue weighted by atomic mass is 9.96. The van der Waals surface area contributed by atoms with Gasteiger partial charge in [-0.1, -0.05) is 26.0 Å². The molecule has 0 amide bonds. The molecule has 7 heteroatoms. The van der Waals surface area contributed by atoms with Crippen molar-refractivity contribution in [2.75, 3.05) is 7.11 Å². The second-order valence-electron chi connectivity index (χ2n) is 8.08. The molecule has 0 radical (unpaired) electrons. The van der Waals surface area contributed by atoms with Gasteiger partial charge in [0.15, 0.2) is 5.76 Å². The Kier molecular flexibility index (Phi) is 8.02. The zero-order chi connectivity index (χ0) is 24.8. The van der Waals surface area contributed by atoms with Gasteiger partial charge in [-0.15, -0.1) is 0 Å². The van der Waals surface area contributed by atoms with Crippen molar-refractivity contribution in [3.05, 3.63) is 70.8 Å². The Morgan fingerprint density at radius 2 is 1.71 bits per heavy atom. The van der Waals surface area contributed by atoms with Gasteiger partial charge in [0.05, 0.1) is 25.7 Å². The van der Waals surface area contributed by atoms with Crippen molar-refractivity contribution < 1.29 is 28.8 Å². The van der Waals surface area contributed by atoms with Crippen LogP contribution in [-0.2, 0) is 6.42 Å². The smallest absolute Gasteiger partial charge is 0.239 e. The number of ether oxygens (including phenoxy) is 3. The maximum absolute atomic E-state index is 13.5. The number of fused-ring (bicyclic) bond motifs is 1. The van der Waals surface area contributed by atoms with Gasteiger partial charge < -0.3 is 28.8 Å². The van der Waals surface area contributed by atoms with E-state index in [1.165, 1.54) is 18.6 Å². The van der Waals surface area contributed by atoms with E-state index in [0.29, 0.717) is 16.9 Å². The molecule has 1 unspecified atom stereocenters. The van der Waals surface area contributed by atoms with Gasteiger partial charge in [0, 0.05) is 23.6 Å². The molecule has 0 saturated heterocycles. The van der Waals surface area contributed by atoms with E-state index in [-0.39, 0.29) is 46.3 Å². The van der Waals surface area contributed by atoms with Gasteiger partial charge in [-0.3, -0.25) is 4.79 Å².